The maximum atomic E-state index is 12.1. The van der Waals surface area contributed by atoms with E-state index in [9.17, 15) is 9.59 Å². The van der Waals surface area contributed by atoms with Crippen LogP contribution in [-0.2, 0) is 11.3 Å². The molecule has 27 heavy (non-hydrogen) atoms. The third-order valence-corrected chi connectivity index (χ3v) is 4.02. The first-order chi connectivity index (χ1) is 13.1. The number of aromatic nitrogens is 1. The number of carbonyl (C=O) groups is 2. The van der Waals surface area contributed by atoms with Crippen molar-refractivity contribution in [2.75, 3.05) is 0 Å². The number of fused-ring (bicyclic) bond motifs is 1. The van der Waals surface area contributed by atoms with Crippen LogP contribution in [0.4, 0.5) is 0 Å². The average Bonchev–Trinajstić information content (AvgIpc) is 3.03. The van der Waals surface area contributed by atoms with Crippen LogP contribution in [0.15, 0.2) is 60.8 Å². The summed E-state index contributed by atoms with van der Waals surface area (Å²) in [5.41, 5.74) is 7.34. The fourth-order valence-electron chi connectivity index (χ4n) is 2.78. The number of para-hydroxylation sites is 1. The van der Waals surface area contributed by atoms with E-state index >= 15 is 0 Å². The summed E-state index contributed by atoms with van der Waals surface area (Å²) in [5.74, 6) is -0.906. The van der Waals surface area contributed by atoms with E-state index in [1.165, 1.54) is 12.1 Å². The number of benzene rings is 2. The number of esters is 1. The summed E-state index contributed by atoms with van der Waals surface area (Å²) in [6, 6.07) is 16.0. The lowest BCUT2D eigenvalue weighted by atomic mass is 10.1. The van der Waals surface area contributed by atoms with Crippen molar-refractivity contribution in [3.63, 3.8) is 0 Å². The predicted octanol–water partition coefficient (Wildman–Crippen LogP) is 3.27. The Balaban J connectivity index is 1.79. The van der Waals surface area contributed by atoms with Crippen LogP contribution in [0.3, 0.4) is 0 Å². The highest BCUT2D eigenvalue weighted by Gasteiger charge is 2.08. The molecule has 134 valence electrons. The molecule has 1 amide bonds. The Kier molecular flexibility index (Phi) is 5.33. The Morgan fingerprint density at radius 3 is 2.78 bits per heavy atom. The second-order valence-electron chi connectivity index (χ2n) is 5.85. The molecule has 0 radical (unpaired) electrons. The summed E-state index contributed by atoms with van der Waals surface area (Å²) < 4.78 is 7.21. The van der Waals surface area contributed by atoms with Crippen molar-refractivity contribution in [3.8, 4) is 11.8 Å². The number of rotatable bonds is 6. The van der Waals surface area contributed by atoms with Crippen LogP contribution < -0.4 is 10.5 Å². The van der Waals surface area contributed by atoms with E-state index in [-0.39, 0.29) is 11.3 Å². The molecule has 3 aromatic rings. The fourth-order valence-corrected chi connectivity index (χ4v) is 2.78. The molecule has 0 unspecified atom stereocenters. The number of nitrogens with zero attached hydrogens (tertiary/aromatic N) is 2. The molecular formula is C21H17N3O3. The maximum absolute atomic E-state index is 12.1. The van der Waals surface area contributed by atoms with Gasteiger partial charge in [0.15, 0.2) is 0 Å². The molecule has 1 heterocycles. The first-order valence-corrected chi connectivity index (χ1v) is 8.33. The van der Waals surface area contributed by atoms with Gasteiger partial charge >= 0.3 is 5.97 Å². The molecule has 0 saturated heterocycles. The van der Waals surface area contributed by atoms with Crippen molar-refractivity contribution < 1.29 is 14.3 Å². The number of hydrogen-bond donors (Lipinski definition) is 1. The van der Waals surface area contributed by atoms with Crippen LogP contribution in [0.25, 0.3) is 17.0 Å². The SMILES string of the molecule is N#CCCn1cc(/C=C/C(=O)Oc2cccc(C(N)=O)c2)c2ccccc21. The zero-order valence-electron chi connectivity index (χ0n) is 14.5. The van der Waals surface area contributed by atoms with E-state index in [4.69, 9.17) is 15.7 Å². The van der Waals surface area contributed by atoms with Gasteiger partial charge in [-0.1, -0.05) is 24.3 Å². The molecule has 0 aliphatic carbocycles. The summed E-state index contributed by atoms with van der Waals surface area (Å²) in [7, 11) is 0. The summed E-state index contributed by atoms with van der Waals surface area (Å²) in [6.07, 6.45) is 5.30. The smallest absolute Gasteiger partial charge is 0.336 e. The Labute approximate surface area is 156 Å². The number of carbonyl (C=O) groups excluding carboxylic acids is 2. The first-order valence-electron chi connectivity index (χ1n) is 8.33. The van der Waals surface area contributed by atoms with Gasteiger partial charge in [0, 0.05) is 40.8 Å². The van der Waals surface area contributed by atoms with Crippen molar-refractivity contribution in [1.82, 2.24) is 4.57 Å². The molecule has 0 fully saturated rings. The van der Waals surface area contributed by atoms with Crippen molar-refractivity contribution in [2.45, 2.75) is 13.0 Å². The van der Waals surface area contributed by atoms with Crippen LogP contribution in [0.1, 0.15) is 22.3 Å². The van der Waals surface area contributed by atoms with Crippen molar-refractivity contribution in [3.05, 3.63) is 71.9 Å². The topological polar surface area (TPSA) is 98.1 Å². The monoisotopic (exact) mass is 359 g/mol. The molecule has 6 heteroatoms. The highest BCUT2D eigenvalue weighted by Crippen LogP contribution is 2.23. The summed E-state index contributed by atoms with van der Waals surface area (Å²) >= 11 is 0. The third-order valence-electron chi connectivity index (χ3n) is 4.02. The van der Waals surface area contributed by atoms with Crippen LogP contribution in [-0.4, -0.2) is 16.4 Å². The number of nitriles is 1. The van der Waals surface area contributed by atoms with Crippen LogP contribution in [0.5, 0.6) is 5.75 Å². The van der Waals surface area contributed by atoms with E-state index in [1.807, 2.05) is 35.0 Å². The number of primary amides is 1. The Morgan fingerprint density at radius 2 is 2.00 bits per heavy atom. The minimum Gasteiger partial charge on any atom is -0.423 e. The molecule has 0 spiro atoms. The number of hydrogen-bond acceptors (Lipinski definition) is 4. The normalized spacial score (nSPS) is 10.8. The highest BCUT2D eigenvalue weighted by molar-refractivity contribution is 5.96. The van der Waals surface area contributed by atoms with Gasteiger partial charge in [0.05, 0.1) is 12.5 Å². The lowest BCUT2D eigenvalue weighted by Gasteiger charge is -2.02. The summed E-state index contributed by atoms with van der Waals surface area (Å²) in [5, 5.41) is 9.79. The summed E-state index contributed by atoms with van der Waals surface area (Å²) in [4.78, 5) is 23.3. The van der Waals surface area contributed by atoms with Crippen LogP contribution in [0.2, 0.25) is 0 Å². The average molecular weight is 359 g/mol. The molecular weight excluding hydrogens is 342 g/mol. The number of ether oxygens (including phenoxy) is 1. The molecule has 3 rings (SSSR count). The van der Waals surface area contributed by atoms with Gasteiger partial charge in [-0.3, -0.25) is 4.79 Å². The van der Waals surface area contributed by atoms with Gasteiger partial charge in [-0.15, -0.1) is 0 Å². The van der Waals surface area contributed by atoms with Crippen LogP contribution >= 0.6 is 0 Å². The van der Waals surface area contributed by atoms with Gasteiger partial charge in [0.2, 0.25) is 5.91 Å². The van der Waals surface area contributed by atoms with E-state index in [1.54, 1.807) is 24.3 Å². The highest BCUT2D eigenvalue weighted by atomic mass is 16.5. The van der Waals surface area contributed by atoms with Gasteiger partial charge in [0.25, 0.3) is 0 Å². The predicted molar refractivity (Wildman–Crippen MR) is 102 cm³/mol. The largest absolute Gasteiger partial charge is 0.423 e. The molecule has 0 atom stereocenters. The van der Waals surface area contributed by atoms with Gasteiger partial charge in [-0.05, 0) is 30.3 Å². The van der Waals surface area contributed by atoms with Crippen molar-refractivity contribution in [2.24, 2.45) is 5.73 Å². The third kappa shape index (κ3) is 4.22. The van der Waals surface area contributed by atoms with E-state index < -0.39 is 11.9 Å². The minimum absolute atomic E-state index is 0.248. The molecule has 0 bridgehead atoms. The standard InChI is InChI=1S/C21H17N3O3/c22-11-4-12-24-14-16(18-7-1-2-8-19(18)24)9-10-20(25)27-17-6-3-5-15(13-17)21(23)26/h1-3,5-10,13-14H,4,12H2,(H2,23,26)/b10-9+. The first kappa shape index (κ1) is 18.0. The Bertz CT molecular complexity index is 1070. The lowest BCUT2D eigenvalue weighted by molar-refractivity contribution is -0.128. The zero-order valence-corrected chi connectivity index (χ0v) is 14.5. The molecule has 0 aliphatic rings. The van der Waals surface area contributed by atoms with Gasteiger partial charge < -0.3 is 15.0 Å². The van der Waals surface area contributed by atoms with E-state index in [0.717, 1.165) is 16.5 Å². The molecule has 2 N–H and O–H groups in total. The number of aryl methyl sites for hydroxylation is 1. The molecule has 2 aromatic carbocycles. The van der Waals surface area contributed by atoms with E-state index in [0.29, 0.717) is 13.0 Å². The van der Waals surface area contributed by atoms with Crippen molar-refractivity contribution in [1.29, 1.82) is 5.26 Å². The van der Waals surface area contributed by atoms with Crippen LogP contribution in [0, 0.1) is 11.3 Å². The molecule has 6 nitrogen and oxygen atoms in total. The van der Waals surface area contributed by atoms with Crippen molar-refractivity contribution >= 4 is 28.9 Å². The lowest BCUT2D eigenvalue weighted by Crippen LogP contribution is -2.11. The summed E-state index contributed by atoms with van der Waals surface area (Å²) in [6.45, 7) is 0.579. The number of nitrogens with two attached hydrogens (primary N) is 1. The Hall–Kier alpha value is -3.85. The van der Waals surface area contributed by atoms with Gasteiger partial charge in [-0.25, -0.2) is 4.79 Å². The quantitative estimate of drug-likeness (QED) is 0.415. The second kappa shape index (κ2) is 8.02. The zero-order chi connectivity index (χ0) is 19.2. The molecule has 1 aromatic heterocycles. The van der Waals surface area contributed by atoms with Gasteiger partial charge in [-0.2, -0.15) is 5.26 Å². The molecule has 0 aliphatic heterocycles. The maximum Gasteiger partial charge on any atom is 0.336 e. The fraction of sp³-hybridized carbons (Fsp3) is 0.0952. The van der Waals surface area contributed by atoms with E-state index in [2.05, 4.69) is 6.07 Å². The molecule has 0 saturated carbocycles. The number of amides is 1. The minimum atomic E-state index is -0.589. The second-order valence-corrected chi connectivity index (χ2v) is 5.85. The Morgan fingerprint density at radius 1 is 1.19 bits per heavy atom. The van der Waals surface area contributed by atoms with Gasteiger partial charge in [0.1, 0.15) is 5.75 Å².